The highest BCUT2D eigenvalue weighted by atomic mass is 16.5. The van der Waals surface area contributed by atoms with Gasteiger partial charge in [-0.25, -0.2) is 0 Å². The number of hydrogen-bond donors (Lipinski definition) is 1. The molecule has 0 aromatic carbocycles. The smallest absolute Gasteiger partial charge is 0.0702 e. The van der Waals surface area contributed by atoms with E-state index in [1.165, 1.54) is 25.7 Å². The molecule has 2 fully saturated rings. The van der Waals surface area contributed by atoms with Gasteiger partial charge in [-0.05, 0) is 44.2 Å². The molecule has 112 valence electrons. The fourth-order valence-electron chi connectivity index (χ4n) is 3.94. The maximum Gasteiger partial charge on any atom is 0.0702 e. The first kappa shape index (κ1) is 15.3. The fourth-order valence-corrected chi connectivity index (χ4v) is 3.94. The summed E-state index contributed by atoms with van der Waals surface area (Å²) in [5.41, 5.74) is 0.421. The van der Waals surface area contributed by atoms with Gasteiger partial charge in [-0.2, -0.15) is 0 Å². The van der Waals surface area contributed by atoms with Crippen molar-refractivity contribution in [3.05, 3.63) is 0 Å². The van der Waals surface area contributed by atoms with Crippen LogP contribution in [0.2, 0.25) is 0 Å². The van der Waals surface area contributed by atoms with Crippen LogP contribution < -0.4 is 5.32 Å². The number of rotatable bonds is 6. The van der Waals surface area contributed by atoms with Gasteiger partial charge in [-0.1, -0.05) is 27.7 Å². The zero-order valence-electron chi connectivity index (χ0n) is 13.2. The number of hydrogen-bond acceptors (Lipinski definition) is 3. The van der Waals surface area contributed by atoms with Crippen LogP contribution in [-0.4, -0.2) is 49.3 Å². The van der Waals surface area contributed by atoms with E-state index in [0.717, 1.165) is 26.2 Å². The van der Waals surface area contributed by atoms with Crippen LogP contribution in [0.1, 0.15) is 53.4 Å². The Morgan fingerprint density at radius 1 is 1.26 bits per heavy atom. The SMILES string of the molecule is CCNC1C(N(CC)CC2CCCO2)CCC1(C)C. The van der Waals surface area contributed by atoms with E-state index in [1.54, 1.807) is 0 Å². The second kappa shape index (κ2) is 6.55. The lowest BCUT2D eigenvalue weighted by atomic mass is 9.86. The van der Waals surface area contributed by atoms with Crippen molar-refractivity contribution in [1.82, 2.24) is 10.2 Å². The molecule has 0 bridgehead atoms. The third-order valence-corrected chi connectivity index (χ3v) is 5.07. The highest BCUT2D eigenvalue weighted by molar-refractivity contribution is 5.01. The molecule has 1 saturated heterocycles. The molecule has 1 heterocycles. The molecule has 0 aromatic heterocycles. The van der Waals surface area contributed by atoms with Gasteiger partial charge in [0.25, 0.3) is 0 Å². The lowest BCUT2D eigenvalue weighted by Crippen LogP contribution is -2.53. The van der Waals surface area contributed by atoms with Crippen molar-refractivity contribution < 1.29 is 4.74 Å². The first-order valence-corrected chi connectivity index (χ1v) is 8.17. The van der Waals surface area contributed by atoms with Crippen LogP contribution in [0.3, 0.4) is 0 Å². The summed E-state index contributed by atoms with van der Waals surface area (Å²) in [6, 6.07) is 1.31. The Kier molecular flexibility index (Phi) is 5.27. The van der Waals surface area contributed by atoms with E-state index in [4.69, 9.17) is 4.74 Å². The van der Waals surface area contributed by atoms with Crippen molar-refractivity contribution >= 4 is 0 Å². The van der Waals surface area contributed by atoms with E-state index < -0.39 is 0 Å². The molecule has 2 aliphatic rings. The van der Waals surface area contributed by atoms with Crippen LogP contribution in [0, 0.1) is 5.41 Å². The third-order valence-electron chi connectivity index (χ3n) is 5.07. The summed E-state index contributed by atoms with van der Waals surface area (Å²) in [5.74, 6) is 0. The molecule has 0 aromatic rings. The summed E-state index contributed by atoms with van der Waals surface area (Å²) in [5, 5.41) is 3.74. The number of ether oxygens (including phenoxy) is 1. The maximum atomic E-state index is 5.83. The molecule has 0 radical (unpaired) electrons. The van der Waals surface area contributed by atoms with Crippen molar-refractivity contribution in [2.24, 2.45) is 5.41 Å². The Morgan fingerprint density at radius 3 is 2.63 bits per heavy atom. The highest BCUT2D eigenvalue weighted by Crippen LogP contribution is 2.40. The number of nitrogens with zero attached hydrogens (tertiary/aromatic N) is 1. The molecule has 3 heteroatoms. The van der Waals surface area contributed by atoms with Crippen LogP contribution in [0.15, 0.2) is 0 Å². The molecule has 3 unspecified atom stereocenters. The van der Waals surface area contributed by atoms with E-state index in [2.05, 4.69) is 37.9 Å². The van der Waals surface area contributed by atoms with E-state index in [0.29, 0.717) is 23.6 Å². The van der Waals surface area contributed by atoms with Crippen LogP contribution >= 0.6 is 0 Å². The molecule has 3 atom stereocenters. The summed E-state index contributed by atoms with van der Waals surface area (Å²) < 4.78 is 5.83. The Labute approximate surface area is 119 Å². The second-order valence-corrected chi connectivity index (χ2v) is 6.85. The minimum atomic E-state index is 0.421. The number of nitrogens with one attached hydrogen (secondary N) is 1. The van der Waals surface area contributed by atoms with E-state index in [9.17, 15) is 0 Å². The lowest BCUT2D eigenvalue weighted by Gasteiger charge is -2.38. The van der Waals surface area contributed by atoms with Gasteiger partial charge < -0.3 is 10.1 Å². The average molecular weight is 268 g/mol. The monoisotopic (exact) mass is 268 g/mol. The van der Waals surface area contributed by atoms with Gasteiger partial charge in [0, 0.05) is 25.2 Å². The van der Waals surface area contributed by atoms with E-state index in [-0.39, 0.29) is 0 Å². The first-order chi connectivity index (χ1) is 9.08. The van der Waals surface area contributed by atoms with Crippen LogP contribution in [0.25, 0.3) is 0 Å². The van der Waals surface area contributed by atoms with Crippen molar-refractivity contribution in [3.8, 4) is 0 Å². The molecule has 1 aliphatic heterocycles. The van der Waals surface area contributed by atoms with Crippen molar-refractivity contribution in [3.63, 3.8) is 0 Å². The van der Waals surface area contributed by atoms with Gasteiger partial charge in [0.1, 0.15) is 0 Å². The van der Waals surface area contributed by atoms with Crippen LogP contribution in [0.5, 0.6) is 0 Å². The van der Waals surface area contributed by atoms with Crippen molar-refractivity contribution in [2.45, 2.75) is 71.6 Å². The molecule has 19 heavy (non-hydrogen) atoms. The Hall–Kier alpha value is -0.120. The number of likely N-dealkylation sites (N-methyl/N-ethyl adjacent to an activating group) is 2. The zero-order chi connectivity index (χ0) is 13.9. The van der Waals surface area contributed by atoms with Crippen molar-refractivity contribution in [2.75, 3.05) is 26.2 Å². The second-order valence-electron chi connectivity index (χ2n) is 6.85. The van der Waals surface area contributed by atoms with Crippen molar-refractivity contribution in [1.29, 1.82) is 0 Å². The predicted octanol–water partition coefficient (Wildman–Crippen LogP) is 2.65. The molecule has 3 nitrogen and oxygen atoms in total. The normalized spacial score (nSPS) is 34.3. The summed E-state index contributed by atoms with van der Waals surface area (Å²) >= 11 is 0. The molecule has 1 N–H and O–H groups in total. The summed E-state index contributed by atoms with van der Waals surface area (Å²) in [6.07, 6.45) is 5.63. The summed E-state index contributed by atoms with van der Waals surface area (Å²) in [7, 11) is 0. The highest BCUT2D eigenvalue weighted by Gasteiger charge is 2.43. The molecule has 0 amide bonds. The Morgan fingerprint density at radius 2 is 2.05 bits per heavy atom. The predicted molar refractivity (Wildman–Crippen MR) is 80.5 cm³/mol. The van der Waals surface area contributed by atoms with Gasteiger partial charge in [0.2, 0.25) is 0 Å². The average Bonchev–Trinajstić information content (AvgIpc) is 2.97. The first-order valence-electron chi connectivity index (χ1n) is 8.17. The van der Waals surface area contributed by atoms with Gasteiger partial charge in [-0.3, -0.25) is 4.90 Å². The molecular formula is C16H32N2O. The van der Waals surface area contributed by atoms with Gasteiger partial charge >= 0.3 is 0 Å². The molecule has 1 saturated carbocycles. The molecule has 0 spiro atoms. The Balaban J connectivity index is 1.99. The molecule has 2 rings (SSSR count). The maximum absolute atomic E-state index is 5.83. The largest absolute Gasteiger partial charge is 0.377 e. The Bertz CT molecular complexity index is 274. The summed E-state index contributed by atoms with van der Waals surface area (Å²) in [6.45, 7) is 13.7. The molecular weight excluding hydrogens is 236 g/mol. The minimum absolute atomic E-state index is 0.421. The van der Waals surface area contributed by atoms with Gasteiger partial charge in [0.05, 0.1) is 6.10 Å². The minimum Gasteiger partial charge on any atom is -0.377 e. The topological polar surface area (TPSA) is 24.5 Å². The fraction of sp³-hybridized carbons (Fsp3) is 1.00. The lowest BCUT2D eigenvalue weighted by molar-refractivity contribution is 0.0503. The van der Waals surface area contributed by atoms with E-state index in [1.807, 2.05) is 0 Å². The summed E-state index contributed by atoms with van der Waals surface area (Å²) in [4.78, 5) is 2.66. The van der Waals surface area contributed by atoms with Crippen LogP contribution in [0.4, 0.5) is 0 Å². The zero-order valence-corrected chi connectivity index (χ0v) is 13.2. The quantitative estimate of drug-likeness (QED) is 0.801. The van der Waals surface area contributed by atoms with E-state index >= 15 is 0 Å². The van der Waals surface area contributed by atoms with Gasteiger partial charge in [-0.15, -0.1) is 0 Å². The van der Waals surface area contributed by atoms with Crippen LogP contribution in [-0.2, 0) is 4.74 Å². The third kappa shape index (κ3) is 3.50. The van der Waals surface area contributed by atoms with Gasteiger partial charge in [0.15, 0.2) is 0 Å². The molecule has 1 aliphatic carbocycles. The standard InChI is InChI=1S/C16H32N2O/c1-5-17-15-14(9-10-16(15,3)4)18(6-2)12-13-8-7-11-19-13/h13-15,17H,5-12H2,1-4H3.